The Balaban J connectivity index is 1.60. The molecule has 9 nitrogen and oxygen atoms in total. The van der Waals surface area contributed by atoms with Gasteiger partial charge < -0.3 is 44.7 Å². The van der Waals surface area contributed by atoms with Gasteiger partial charge in [-0.3, -0.25) is 0 Å². The summed E-state index contributed by atoms with van der Waals surface area (Å²) >= 11 is 0. The molecule has 186 valence electrons. The van der Waals surface area contributed by atoms with Crippen molar-refractivity contribution in [2.24, 2.45) is 5.92 Å². The van der Waals surface area contributed by atoms with E-state index in [2.05, 4.69) is 5.32 Å². The van der Waals surface area contributed by atoms with Crippen molar-refractivity contribution in [1.82, 2.24) is 5.32 Å². The van der Waals surface area contributed by atoms with Gasteiger partial charge in [0.2, 0.25) is 12.1 Å². The predicted octanol–water partition coefficient (Wildman–Crippen LogP) is 0.316. The summed E-state index contributed by atoms with van der Waals surface area (Å²) in [6.07, 6.45) is -3.91. The number of methoxy groups -OCH3 is 1. The number of benzene rings is 1. The minimum absolute atomic E-state index is 0.143. The van der Waals surface area contributed by atoms with E-state index in [0.717, 1.165) is 11.3 Å². The zero-order valence-corrected chi connectivity index (χ0v) is 19.7. The summed E-state index contributed by atoms with van der Waals surface area (Å²) in [6, 6.07) is 6.92. The van der Waals surface area contributed by atoms with Crippen LogP contribution < -0.4 is 10.1 Å². The summed E-state index contributed by atoms with van der Waals surface area (Å²) in [5.74, 6) is -1.85. The lowest BCUT2D eigenvalue weighted by molar-refractivity contribution is -0.484. The average molecular weight is 468 g/mol. The molecule has 0 unspecified atom stereocenters. The van der Waals surface area contributed by atoms with Gasteiger partial charge in [0.15, 0.2) is 0 Å². The maximum Gasteiger partial charge on any atom is 0.248 e. The zero-order chi connectivity index (χ0) is 24.0. The molecule has 0 radical (unpaired) electrons. The first-order chi connectivity index (χ1) is 15.7. The van der Waals surface area contributed by atoms with E-state index in [-0.39, 0.29) is 12.8 Å². The molecular formula is C24H37NO8. The molecule has 1 aromatic rings. The van der Waals surface area contributed by atoms with Gasteiger partial charge in [0.1, 0.15) is 23.6 Å². The molecule has 0 amide bonds. The molecule has 1 aromatic carbocycles. The topological polar surface area (TPSA) is 130 Å². The van der Waals surface area contributed by atoms with Crippen LogP contribution in [0.2, 0.25) is 0 Å². The fourth-order valence-electron chi connectivity index (χ4n) is 5.68. The number of nitrogens with one attached hydrogen (secondary N) is 1. The van der Waals surface area contributed by atoms with E-state index < -0.39 is 60.2 Å². The van der Waals surface area contributed by atoms with Gasteiger partial charge in [-0.05, 0) is 50.9 Å². The van der Waals surface area contributed by atoms with E-state index in [1.807, 2.05) is 31.2 Å². The summed E-state index contributed by atoms with van der Waals surface area (Å²) < 4.78 is 23.3. The number of hydrogen-bond donors (Lipinski definition) is 5. The number of aryl methyl sites for hydroxylation is 1. The highest BCUT2D eigenvalue weighted by molar-refractivity contribution is 5.27. The lowest BCUT2D eigenvalue weighted by Crippen LogP contribution is -2.78. The summed E-state index contributed by atoms with van der Waals surface area (Å²) in [4.78, 5) is 0. The van der Waals surface area contributed by atoms with E-state index in [1.54, 1.807) is 21.1 Å². The Labute approximate surface area is 194 Å². The number of aliphatic hydroxyl groups excluding tert-OH is 2. The minimum Gasteiger partial charge on any atom is -0.497 e. The maximum absolute atomic E-state index is 11.7. The van der Waals surface area contributed by atoms with Crippen molar-refractivity contribution >= 4 is 0 Å². The number of rotatable bonds is 6. The zero-order valence-electron chi connectivity index (χ0n) is 19.7. The first-order valence-electron chi connectivity index (χ1n) is 11.8. The second-order valence-electron chi connectivity index (χ2n) is 9.61. The second kappa shape index (κ2) is 9.39. The minimum atomic E-state index is -2.17. The Morgan fingerprint density at radius 3 is 2.39 bits per heavy atom. The summed E-state index contributed by atoms with van der Waals surface area (Å²) in [6.45, 7) is 3.70. The van der Waals surface area contributed by atoms with Gasteiger partial charge in [-0.15, -0.1) is 0 Å². The molecule has 3 fully saturated rings. The summed E-state index contributed by atoms with van der Waals surface area (Å²) in [7, 11) is 3.29. The second-order valence-corrected chi connectivity index (χ2v) is 9.61. The number of hydrogen-bond acceptors (Lipinski definition) is 9. The smallest absolute Gasteiger partial charge is 0.248 e. The predicted molar refractivity (Wildman–Crippen MR) is 119 cm³/mol. The lowest BCUT2D eigenvalue weighted by Gasteiger charge is -2.60. The molecule has 10 atom stereocenters. The first-order valence-corrected chi connectivity index (χ1v) is 11.8. The van der Waals surface area contributed by atoms with E-state index >= 15 is 0 Å². The van der Waals surface area contributed by atoms with Crippen LogP contribution in [0.4, 0.5) is 0 Å². The number of fused-ring (bicyclic) bond motifs is 2. The van der Waals surface area contributed by atoms with E-state index in [0.29, 0.717) is 12.8 Å². The first kappa shape index (κ1) is 24.8. The molecule has 1 saturated carbocycles. The third-order valence-corrected chi connectivity index (χ3v) is 7.61. The Morgan fingerprint density at radius 2 is 1.79 bits per heavy atom. The largest absolute Gasteiger partial charge is 0.497 e. The Morgan fingerprint density at radius 1 is 1.09 bits per heavy atom. The molecule has 2 aliphatic heterocycles. The average Bonchev–Trinajstić information content (AvgIpc) is 2.79. The van der Waals surface area contributed by atoms with E-state index in [9.17, 15) is 20.4 Å². The molecule has 4 rings (SSSR count). The number of ether oxygens (including phenoxy) is 4. The normalized spacial score (nSPS) is 45.2. The summed E-state index contributed by atoms with van der Waals surface area (Å²) in [5, 5.41) is 48.2. The number of likely N-dealkylation sites (N-methyl/N-ethyl adjacent to an activating group) is 1. The SMILES string of the molecule is CC[C@@H]1[C@H](O)[C@H](NC)[C@H]2O[C@]3(O)[C@H](O[C@@H]2[C@H]1O)O[C@H](C)C[C@@]3(O)CCc1ccc(OC)cc1. The molecule has 33 heavy (non-hydrogen) atoms. The molecular weight excluding hydrogens is 430 g/mol. The van der Waals surface area contributed by atoms with Crippen LogP contribution in [0.25, 0.3) is 0 Å². The van der Waals surface area contributed by atoms with Crippen LogP contribution in [0, 0.1) is 5.92 Å². The highest BCUT2D eigenvalue weighted by Crippen LogP contribution is 2.49. The Kier molecular flexibility index (Phi) is 7.06. The van der Waals surface area contributed by atoms with E-state index in [4.69, 9.17) is 18.9 Å². The van der Waals surface area contributed by atoms with Crippen LogP contribution in [0.15, 0.2) is 24.3 Å². The van der Waals surface area contributed by atoms with Crippen LogP contribution in [-0.4, -0.2) is 88.8 Å². The quantitative estimate of drug-likeness (QED) is 0.401. The summed E-state index contributed by atoms with van der Waals surface area (Å²) in [5.41, 5.74) is -0.698. The molecule has 0 spiro atoms. The fourth-order valence-corrected chi connectivity index (χ4v) is 5.68. The van der Waals surface area contributed by atoms with Gasteiger partial charge in [0.25, 0.3) is 0 Å². The van der Waals surface area contributed by atoms with Crippen LogP contribution in [0.5, 0.6) is 5.75 Å². The lowest BCUT2D eigenvalue weighted by atomic mass is 9.73. The number of aliphatic hydroxyl groups is 4. The standard InChI is InChI=1S/C24H37NO8/c1-5-16-18(26)17(25-3)20-21(19(16)27)32-22-24(29,33-20)23(28,12-13(2)31-22)11-10-14-6-8-15(30-4)9-7-14/h6-9,13,16-22,25-29H,5,10-12H2,1-4H3/t13-,16-,17+,18+,19+,20-,21-,22+,23+,24-/m1/s1. The van der Waals surface area contributed by atoms with Crippen molar-refractivity contribution < 1.29 is 39.4 Å². The maximum atomic E-state index is 11.7. The van der Waals surface area contributed by atoms with Crippen LogP contribution >= 0.6 is 0 Å². The third-order valence-electron chi connectivity index (χ3n) is 7.61. The van der Waals surface area contributed by atoms with Crippen LogP contribution in [0.3, 0.4) is 0 Å². The van der Waals surface area contributed by atoms with E-state index in [1.165, 1.54) is 0 Å². The van der Waals surface area contributed by atoms with Crippen LogP contribution in [-0.2, 0) is 20.6 Å². The molecule has 0 bridgehead atoms. The van der Waals surface area contributed by atoms with Gasteiger partial charge in [0.05, 0.1) is 31.5 Å². The molecule has 9 heteroatoms. The highest BCUT2D eigenvalue weighted by Gasteiger charge is 2.68. The van der Waals surface area contributed by atoms with Crippen molar-refractivity contribution in [1.29, 1.82) is 0 Å². The fraction of sp³-hybridized carbons (Fsp3) is 0.750. The van der Waals surface area contributed by atoms with Gasteiger partial charge in [0, 0.05) is 12.3 Å². The Hall–Kier alpha value is -1.30. The molecule has 5 N–H and O–H groups in total. The Bertz CT molecular complexity index is 808. The monoisotopic (exact) mass is 467 g/mol. The molecule has 2 saturated heterocycles. The van der Waals surface area contributed by atoms with Gasteiger partial charge in [-0.1, -0.05) is 19.1 Å². The van der Waals surface area contributed by atoms with Gasteiger partial charge in [-0.25, -0.2) is 0 Å². The van der Waals surface area contributed by atoms with Crippen LogP contribution in [0.1, 0.15) is 38.7 Å². The van der Waals surface area contributed by atoms with Gasteiger partial charge >= 0.3 is 0 Å². The molecule has 0 aromatic heterocycles. The molecule has 2 heterocycles. The van der Waals surface area contributed by atoms with Crippen molar-refractivity contribution in [2.45, 2.75) is 93.8 Å². The highest BCUT2D eigenvalue weighted by atomic mass is 16.8. The van der Waals surface area contributed by atoms with Crippen molar-refractivity contribution in [3.8, 4) is 5.75 Å². The van der Waals surface area contributed by atoms with Gasteiger partial charge in [-0.2, -0.15) is 0 Å². The van der Waals surface area contributed by atoms with Crippen molar-refractivity contribution in [2.75, 3.05) is 14.2 Å². The van der Waals surface area contributed by atoms with Crippen molar-refractivity contribution in [3.63, 3.8) is 0 Å². The third kappa shape index (κ3) is 4.19. The molecule has 3 aliphatic rings. The molecule has 1 aliphatic carbocycles. The van der Waals surface area contributed by atoms with Crippen molar-refractivity contribution in [3.05, 3.63) is 29.8 Å².